The Balaban J connectivity index is 1.77. The summed E-state index contributed by atoms with van der Waals surface area (Å²) in [5, 5.41) is 3.63. The summed E-state index contributed by atoms with van der Waals surface area (Å²) in [5.41, 5.74) is 0.772. The molecule has 3 rings (SSSR count). The summed E-state index contributed by atoms with van der Waals surface area (Å²) >= 11 is 0. The lowest BCUT2D eigenvalue weighted by Crippen LogP contribution is -2.31. The molecule has 2 heterocycles. The van der Waals surface area contributed by atoms with E-state index in [1.807, 2.05) is 0 Å². The van der Waals surface area contributed by atoms with E-state index in [2.05, 4.69) is 14.5 Å². The van der Waals surface area contributed by atoms with Gasteiger partial charge in [-0.1, -0.05) is 17.3 Å². The van der Waals surface area contributed by atoms with Crippen molar-refractivity contribution in [3.05, 3.63) is 53.3 Å². The highest BCUT2D eigenvalue weighted by Crippen LogP contribution is 2.21. The molecule has 1 aromatic heterocycles. The number of nitrogens with zero attached hydrogens (tertiary/aromatic N) is 4. The van der Waals surface area contributed by atoms with Crippen molar-refractivity contribution in [2.24, 2.45) is 4.40 Å². The van der Waals surface area contributed by atoms with Crippen LogP contribution in [0, 0.1) is 6.92 Å². The molecule has 2 aromatic rings. The van der Waals surface area contributed by atoms with Gasteiger partial charge in [-0.25, -0.2) is 4.79 Å². The number of rotatable bonds is 6. The molecule has 0 atom stereocenters. The Morgan fingerprint density at radius 2 is 1.93 bits per heavy atom. The fourth-order valence-electron chi connectivity index (χ4n) is 2.42. The molecule has 0 saturated carbocycles. The van der Waals surface area contributed by atoms with Crippen LogP contribution in [0.5, 0.6) is 5.75 Å². The van der Waals surface area contributed by atoms with Gasteiger partial charge in [0, 0.05) is 13.1 Å². The number of benzene rings is 1. The Labute approximate surface area is 161 Å². The average molecular weight is 406 g/mol. The molecule has 0 amide bonds. The van der Waals surface area contributed by atoms with E-state index in [0.717, 1.165) is 4.31 Å². The standard InChI is InChI=1S/C17H18N4O6S/c1-11-15(17(22)26-10-16-18-12(2)27-19-16)9-21(28(23,24)20-11)8-13-4-6-14(25-3)7-5-13/h4-7,9H,8,10H2,1-3H3. The fraction of sp³-hybridized carbons (Fsp3) is 0.294. The second kappa shape index (κ2) is 7.80. The summed E-state index contributed by atoms with van der Waals surface area (Å²) in [6.07, 6.45) is 1.21. The van der Waals surface area contributed by atoms with Gasteiger partial charge in [-0.2, -0.15) is 13.4 Å². The van der Waals surface area contributed by atoms with Crippen LogP contribution in [0.3, 0.4) is 0 Å². The normalized spacial score (nSPS) is 15.6. The maximum atomic E-state index is 12.4. The molecule has 148 valence electrons. The topological polar surface area (TPSA) is 124 Å². The molecule has 0 radical (unpaired) electrons. The van der Waals surface area contributed by atoms with Crippen molar-refractivity contribution in [2.75, 3.05) is 7.11 Å². The first kappa shape index (κ1) is 19.5. The molecule has 0 spiro atoms. The molecule has 10 nitrogen and oxygen atoms in total. The van der Waals surface area contributed by atoms with E-state index >= 15 is 0 Å². The van der Waals surface area contributed by atoms with Crippen molar-refractivity contribution in [1.29, 1.82) is 0 Å². The van der Waals surface area contributed by atoms with Crippen LogP contribution in [0.15, 0.2) is 45.0 Å². The Morgan fingerprint density at radius 3 is 2.54 bits per heavy atom. The number of hydrogen-bond acceptors (Lipinski definition) is 8. The highest BCUT2D eigenvalue weighted by atomic mass is 32.2. The van der Waals surface area contributed by atoms with E-state index in [-0.39, 0.29) is 30.3 Å². The van der Waals surface area contributed by atoms with E-state index in [1.54, 1.807) is 31.2 Å². The Bertz CT molecular complexity index is 1040. The van der Waals surface area contributed by atoms with E-state index < -0.39 is 16.2 Å². The largest absolute Gasteiger partial charge is 0.497 e. The number of esters is 1. The predicted octanol–water partition coefficient (Wildman–Crippen LogP) is 1.54. The minimum atomic E-state index is -3.95. The molecule has 0 fully saturated rings. The molecule has 0 saturated heterocycles. The van der Waals surface area contributed by atoms with Crippen LogP contribution in [-0.2, 0) is 32.9 Å². The molecule has 11 heteroatoms. The van der Waals surface area contributed by atoms with Crippen molar-refractivity contribution >= 4 is 21.9 Å². The lowest BCUT2D eigenvalue weighted by Gasteiger charge is -2.23. The molecule has 0 aliphatic carbocycles. The summed E-state index contributed by atoms with van der Waals surface area (Å²) in [4.78, 5) is 16.3. The lowest BCUT2D eigenvalue weighted by molar-refractivity contribution is -0.140. The zero-order chi connectivity index (χ0) is 20.3. The number of aryl methyl sites for hydroxylation is 1. The summed E-state index contributed by atoms with van der Waals surface area (Å²) < 4.78 is 44.4. The maximum absolute atomic E-state index is 12.4. The van der Waals surface area contributed by atoms with Crippen LogP contribution in [0.4, 0.5) is 0 Å². The van der Waals surface area contributed by atoms with Crippen molar-refractivity contribution in [2.45, 2.75) is 27.0 Å². The van der Waals surface area contributed by atoms with Crippen molar-refractivity contribution in [3.8, 4) is 5.75 Å². The van der Waals surface area contributed by atoms with Gasteiger partial charge in [0.05, 0.1) is 24.9 Å². The smallest absolute Gasteiger partial charge is 0.344 e. The lowest BCUT2D eigenvalue weighted by atomic mass is 10.2. The highest BCUT2D eigenvalue weighted by molar-refractivity contribution is 7.88. The first-order valence-electron chi connectivity index (χ1n) is 8.18. The number of carbonyl (C=O) groups is 1. The quantitative estimate of drug-likeness (QED) is 0.662. The zero-order valence-corrected chi connectivity index (χ0v) is 16.3. The molecule has 1 aromatic carbocycles. The minimum Gasteiger partial charge on any atom is -0.497 e. The maximum Gasteiger partial charge on any atom is 0.344 e. The van der Waals surface area contributed by atoms with Crippen LogP contribution in [0.25, 0.3) is 0 Å². The number of carbonyl (C=O) groups excluding carboxylic acids is 1. The number of hydrogen-bond donors (Lipinski definition) is 0. The van der Waals surface area contributed by atoms with Crippen LogP contribution in [0.2, 0.25) is 0 Å². The van der Waals surface area contributed by atoms with Gasteiger partial charge in [0.2, 0.25) is 11.7 Å². The van der Waals surface area contributed by atoms with Crippen molar-refractivity contribution in [3.63, 3.8) is 0 Å². The SMILES string of the molecule is COc1ccc(CN2C=C(C(=O)OCc3noc(C)n3)C(C)=NS2(=O)=O)cc1. The Morgan fingerprint density at radius 1 is 1.21 bits per heavy atom. The Hall–Kier alpha value is -3.21. The minimum absolute atomic E-state index is 0.00389. The zero-order valence-electron chi connectivity index (χ0n) is 15.4. The van der Waals surface area contributed by atoms with Gasteiger partial charge in [-0.3, -0.25) is 4.31 Å². The van der Waals surface area contributed by atoms with Crippen LogP contribution >= 0.6 is 0 Å². The second-order valence-corrected chi connectivity index (χ2v) is 7.44. The monoisotopic (exact) mass is 406 g/mol. The van der Waals surface area contributed by atoms with Gasteiger partial charge >= 0.3 is 16.2 Å². The van der Waals surface area contributed by atoms with Crippen LogP contribution in [-0.4, -0.2) is 41.7 Å². The van der Waals surface area contributed by atoms with E-state index in [0.29, 0.717) is 17.2 Å². The number of aromatic nitrogens is 2. The van der Waals surface area contributed by atoms with E-state index in [9.17, 15) is 13.2 Å². The molecule has 28 heavy (non-hydrogen) atoms. The predicted molar refractivity (Wildman–Crippen MR) is 97.5 cm³/mol. The molecule has 1 aliphatic rings. The third kappa shape index (κ3) is 4.36. The van der Waals surface area contributed by atoms with Gasteiger partial charge in [-0.05, 0) is 24.6 Å². The van der Waals surface area contributed by atoms with Gasteiger partial charge in [0.15, 0.2) is 6.61 Å². The third-order valence-electron chi connectivity index (χ3n) is 3.83. The first-order valence-corrected chi connectivity index (χ1v) is 9.58. The van der Waals surface area contributed by atoms with Gasteiger partial charge in [0.25, 0.3) is 0 Å². The summed E-state index contributed by atoms with van der Waals surface area (Å²) in [7, 11) is -2.41. The molecule has 1 aliphatic heterocycles. The summed E-state index contributed by atoms with van der Waals surface area (Å²) in [6.45, 7) is 2.84. The van der Waals surface area contributed by atoms with Crippen molar-refractivity contribution < 1.29 is 27.2 Å². The molecule has 0 N–H and O–H groups in total. The van der Waals surface area contributed by atoms with Crippen LogP contribution < -0.4 is 4.74 Å². The van der Waals surface area contributed by atoms with Crippen molar-refractivity contribution in [1.82, 2.24) is 14.4 Å². The van der Waals surface area contributed by atoms with Gasteiger partial charge < -0.3 is 14.0 Å². The highest BCUT2D eigenvalue weighted by Gasteiger charge is 2.29. The first-order chi connectivity index (χ1) is 13.3. The molecule has 0 unspecified atom stereocenters. The van der Waals surface area contributed by atoms with E-state index in [1.165, 1.54) is 20.2 Å². The molecular weight excluding hydrogens is 388 g/mol. The fourth-order valence-corrected chi connectivity index (χ4v) is 3.53. The van der Waals surface area contributed by atoms with Gasteiger partial charge in [-0.15, -0.1) is 4.40 Å². The number of ether oxygens (including phenoxy) is 2. The molecular formula is C17H18N4O6S. The van der Waals surface area contributed by atoms with E-state index in [4.69, 9.17) is 14.0 Å². The third-order valence-corrected chi connectivity index (χ3v) is 5.16. The number of methoxy groups -OCH3 is 1. The second-order valence-electron chi connectivity index (χ2n) is 5.90. The molecule has 0 bridgehead atoms. The van der Waals surface area contributed by atoms with Crippen LogP contribution in [0.1, 0.15) is 24.2 Å². The average Bonchev–Trinajstić information content (AvgIpc) is 3.07. The van der Waals surface area contributed by atoms with Gasteiger partial charge in [0.1, 0.15) is 5.75 Å². The summed E-state index contributed by atoms with van der Waals surface area (Å²) in [6, 6.07) is 6.88. The Kier molecular flexibility index (Phi) is 5.45. The summed E-state index contributed by atoms with van der Waals surface area (Å²) in [5.74, 6) is 0.464.